The quantitative estimate of drug-likeness (QED) is 0.778. The number of thioether (sulfide) groups is 1. The fourth-order valence-electron chi connectivity index (χ4n) is 2.95. The molecule has 0 radical (unpaired) electrons. The van der Waals surface area contributed by atoms with E-state index in [1.165, 1.54) is 12.1 Å². The van der Waals surface area contributed by atoms with Crippen LogP contribution in [0.25, 0.3) is 0 Å². The molecular formula is C18H14F3NO3S. The summed E-state index contributed by atoms with van der Waals surface area (Å²) >= 11 is 0.797. The lowest BCUT2D eigenvalue weighted by Gasteiger charge is -2.31. The monoisotopic (exact) mass is 381 g/mol. The highest BCUT2D eigenvalue weighted by molar-refractivity contribution is 8.18. The number of nitrogens with one attached hydrogen (secondary N) is 1. The first kappa shape index (κ1) is 18.3. The highest BCUT2D eigenvalue weighted by atomic mass is 32.2. The second kappa shape index (κ2) is 6.68. The van der Waals surface area contributed by atoms with Gasteiger partial charge in [-0.15, -0.1) is 13.2 Å². The second-order valence-electron chi connectivity index (χ2n) is 6.09. The zero-order chi connectivity index (χ0) is 18.9. The minimum atomic E-state index is -4.79. The molecule has 1 aromatic rings. The molecule has 0 bridgehead atoms. The number of ether oxygens (including phenoxy) is 1. The molecule has 1 saturated heterocycles. The zero-order valence-electron chi connectivity index (χ0n) is 13.6. The zero-order valence-corrected chi connectivity index (χ0v) is 14.4. The van der Waals surface area contributed by atoms with Gasteiger partial charge in [0.05, 0.1) is 4.91 Å². The van der Waals surface area contributed by atoms with Crippen molar-refractivity contribution in [3.63, 3.8) is 0 Å². The molecule has 8 heteroatoms. The smallest absolute Gasteiger partial charge is 0.405 e. The Labute approximate surface area is 151 Å². The largest absolute Gasteiger partial charge is 0.573 e. The number of benzene rings is 1. The van der Waals surface area contributed by atoms with Crippen molar-refractivity contribution in [3.05, 3.63) is 64.6 Å². The van der Waals surface area contributed by atoms with Gasteiger partial charge < -0.3 is 4.74 Å². The summed E-state index contributed by atoms with van der Waals surface area (Å²) in [4.78, 5) is 23.2. The maximum atomic E-state index is 12.7. The second-order valence-corrected chi connectivity index (χ2v) is 7.11. The lowest BCUT2D eigenvalue weighted by molar-refractivity contribution is -0.275. The number of alkyl halides is 3. The average Bonchev–Trinajstić information content (AvgIpc) is 2.84. The average molecular weight is 381 g/mol. The summed E-state index contributed by atoms with van der Waals surface area (Å²) in [5.41, 5.74) is 0.355. The van der Waals surface area contributed by atoms with E-state index < -0.39 is 22.9 Å². The first-order valence-electron chi connectivity index (χ1n) is 7.65. The Kier molecular flexibility index (Phi) is 4.70. The van der Waals surface area contributed by atoms with Crippen LogP contribution in [0.4, 0.5) is 18.0 Å². The summed E-state index contributed by atoms with van der Waals surface area (Å²) in [6, 6.07) is 5.98. The molecule has 2 aliphatic rings. The van der Waals surface area contributed by atoms with Crippen LogP contribution >= 0.6 is 11.8 Å². The predicted octanol–water partition coefficient (Wildman–Crippen LogP) is 4.60. The molecule has 26 heavy (non-hydrogen) atoms. The van der Waals surface area contributed by atoms with Crippen LogP contribution in [-0.2, 0) is 10.2 Å². The van der Waals surface area contributed by atoms with Gasteiger partial charge in [0.25, 0.3) is 11.1 Å². The first-order valence-corrected chi connectivity index (χ1v) is 8.46. The van der Waals surface area contributed by atoms with Gasteiger partial charge in [0.15, 0.2) is 0 Å². The van der Waals surface area contributed by atoms with Crippen molar-refractivity contribution in [1.29, 1.82) is 0 Å². The number of carbonyl (C=O) groups is 2. The number of hydrogen-bond donors (Lipinski definition) is 1. The number of halogens is 3. The molecule has 1 N–H and O–H groups in total. The van der Waals surface area contributed by atoms with Crippen LogP contribution in [0, 0.1) is 0 Å². The maximum Gasteiger partial charge on any atom is 0.573 e. The van der Waals surface area contributed by atoms with E-state index in [2.05, 4.69) is 10.1 Å². The van der Waals surface area contributed by atoms with Crippen LogP contribution in [0.1, 0.15) is 18.9 Å². The van der Waals surface area contributed by atoms with E-state index in [4.69, 9.17) is 0 Å². The van der Waals surface area contributed by atoms with Gasteiger partial charge in [-0.25, -0.2) is 0 Å². The fraction of sp³-hybridized carbons (Fsp3) is 0.222. The Morgan fingerprint density at radius 2 is 2.00 bits per heavy atom. The molecule has 1 atom stereocenters. The molecule has 1 fully saturated rings. The fourth-order valence-corrected chi connectivity index (χ4v) is 3.65. The lowest BCUT2D eigenvalue weighted by Crippen LogP contribution is -2.25. The third-order valence-corrected chi connectivity index (χ3v) is 4.84. The van der Waals surface area contributed by atoms with Crippen molar-refractivity contribution >= 4 is 22.9 Å². The highest BCUT2D eigenvalue weighted by Gasteiger charge is 2.36. The van der Waals surface area contributed by atoms with Crippen LogP contribution in [-0.4, -0.2) is 17.5 Å². The van der Waals surface area contributed by atoms with E-state index in [1.54, 1.807) is 43.4 Å². The molecule has 136 valence electrons. The van der Waals surface area contributed by atoms with Gasteiger partial charge in [0.2, 0.25) is 0 Å². The number of hydrogen-bond acceptors (Lipinski definition) is 4. The van der Waals surface area contributed by atoms with Crippen LogP contribution < -0.4 is 10.1 Å². The Morgan fingerprint density at radius 1 is 1.27 bits per heavy atom. The topological polar surface area (TPSA) is 55.4 Å². The molecular weight excluding hydrogens is 367 g/mol. The van der Waals surface area contributed by atoms with Gasteiger partial charge in [-0.05, 0) is 35.9 Å². The SMILES string of the molecule is CC1(c2ccccc2OC(F)(F)F)C=CC=C(/C=C2\SC(=O)NC2=O)C1. The van der Waals surface area contributed by atoms with E-state index in [0.717, 1.165) is 17.3 Å². The molecule has 3 rings (SSSR count). The normalized spacial score (nSPS) is 24.6. The van der Waals surface area contributed by atoms with Crippen LogP contribution in [0.15, 0.2) is 59.0 Å². The number of imide groups is 1. The van der Waals surface area contributed by atoms with Gasteiger partial charge in [0, 0.05) is 11.0 Å². The van der Waals surface area contributed by atoms with Crippen molar-refractivity contribution in [2.75, 3.05) is 0 Å². The van der Waals surface area contributed by atoms with Gasteiger partial charge in [0.1, 0.15) is 5.75 Å². The van der Waals surface area contributed by atoms with Gasteiger partial charge >= 0.3 is 6.36 Å². The van der Waals surface area contributed by atoms with Crippen molar-refractivity contribution in [3.8, 4) is 5.75 Å². The molecule has 1 aromatic carbocycles. The summed E-state index contributed by atoms with van der Waals surface area (Å²) in [5.74, 6) is -0.734. The van der Waals surface area contributed by atoms with E-state index in [9.17, 15) is 22.8 Å². The summed E-state index contributed by atoms with van der Waals surface area (Å²) in [5, 5.41) is 1.73. The number of amides is 2. The molecule has 1 aliphatic heterocycles. The summed E-state index contributed by atoms with van der Waals surface area (Å²) in [6.07, 6.45) is 2.43. The standard InChI is InChI=1S/C18H14F3NO3S/c1-17(12-6-2-3-7-13(12)25-18(19,20)21)8-4-5-11(10-17)9-14-15(23)22-16(24)26-14/h2-9H,10H2,1H3,(H,22,23,24)/b14-9-. The van der Waals surface area contributed by atoms with Gasteiger partial charge in [-0.2, -0.15) is 0 Å². The van der Waals surface area contributed by atoms with E-state index >= 15 is 0 Å². The first-order chi connectivity index (χ1) is 12.2. The number of rotatable bonds is 3. The number of carbonyl (C=O) groups excluding carboxylic acids is 2. The predicted molar refractivity (Wildman–Crippen MR) is 91.5 cm³/mol. The molecule has 0 aromatic heterocycles. The third-order valence-electron chi connectivity index (χ3n) is 4.03. The van der Waals surface area contributed by atoms with Crippen molar-refractivity contribution in [1.82, 2.24) is 5.32 Å². The molecule has 1 aliphatic carbocycles. The van der Waals surface area contributed by atoms with Gasteiger partial charge in [-0.3, -0.25) is 14.9 Å². The summed E-state index contributed by atoms with van der Waals surface area (Å²) in [7, 11) is 0. The Balaban J connectivity index is 1.90. The molecule has 0 saturated carbocycles. The van der Waals surface area contributed by atoms with Crippen LogP contribution in [0.5, 0.6) is 5.75 Å². The van der Waals surface area contributed by atoms with Gasteiger partial charge in [-0.1, -0.05) is 43.4 Å². The van der Waals surface area contributed by atoms with Crippen LogP contribution in [0.2, 0.25) is 0 Å². The number of allylic oxidation sites excluding steroid dienone is 5. The van der Waals surface area contributed by atoms with E-state index in [1.807, 2.05) is 0 Å². The third kappa shape index (κ3) is 4.01. The molecule has 0 spiro atoms. The van der Waals surface area contributed by atoms with Crippen LogP contribution in [0.3, 0.4) is 0 Å². The minimum Gasteiger partial charge on any atom is -0.405 e. The molecule has 1 unspecified atom stereocenters. The van der Waals surface area contributed by atoms with Crippen molar-refractivity contribution in [2.24, 2.45) is 0 Å². The molecule has 1 heterocycles. The Morgan fingerprint density at radius 3 is 2.65 bits per heavy atom. The Bertz CT molecular complexity index is 857. The van der Waals surface area contributed by atoms with E-state index in [-0.39, 0.29) is 10.7 Å². The van der Waals surface area contributed by atoms with Crippen molar-refractivity contribution < 1.29 is 27.5 Å². The molecule has 4 nitrogen and oxygen atoms in total. The Hall–Kier alpha value is -2.48. The van der Waals surface area contributed by atoms with E-state index in [0.29, 0.717) is 12.0 Å². The maximum absolute atomic E-state index is 12.7. The molecule has 2 amide bonds. The lowest BCUT2D eigenvalue weighted by atomic mass is 9.74. The highest BCUT2D eigenvalue weighted by Crippen LogP contribution is 2.42. The van der Waals surface area contributed by atoms with Crippen molar-refractivity contribution in [2.45, 2.75) is 25.1 Å². The number of para-hydroxylation sites is 1. The summed E-state index contributed by atoms with van der Waals surface area (Å²) in [6.45, 7) is 1.79. The minimum absolute atomic E-state index is 0.260. The summed E-state index contributed by atoms with van der Waals surface area (Å²) < 4.78 is 42.3.